The Morgan fingerprint density at radius 2 is 1.45 bits per heavy atom. The number of nitrogens with zero attached hydrogens (tertiary/aromatic N) is 3. The van der Waals surface area contributed by atoms with E-state index in [1.165, 1.54) is 0 Å². The standard InChI is InChI=1S/C22H25N3O4/c1-27-18-6-4-16(5-7-18)21(15-23)24-8-10-25(11-9-24)22(26)17-12-19(28-2)14-20(13-17)29-3/h4-7,12-14,21H,8-11H2,1-3H3. The molecule has 1 aliphatic heterocycles. The highest BCUT2D eigenvalue weighted by Crippen LogP contribution is 2.26. The lowest BCUT2D eigenvalue weighted by atomic mass is 10.0. The molecule has 0 aromatic heterocycles. The van der Waals surface area contributed by atoms with E-state index in [9.17, 15) is 10.1 Å². The summed E-state index contributed by atoms with van der Waals surface area (Å²) in [5.41, 5.74) is 1.45. The van der Waals surface area contributed by atoms with Gasteiger partial charge in [-0.3, -0.25) is 9.69 Å². The van der Waals surface area contributed by atoms with Gasteiger partial charge in [0.05, 0.1) is 27.4 Å². The van der Waals surface area contributed by atoms with Crippen molar-refractivity contribution in [3.8, 4) is 23.3 Å². The van der Waals surface area contributed by atoms with E-state index in [0.717, 1.165) is 11.3 Å². The van der Waals surface area contributed by atoms with Gasteiger partial charge in [-0.15, -0.1) is 0 Å². The Hall–Kier alpha value is -3.24. The molecule has 0 spiro atoms. The second kappa shape index (κ2) is 9.30. The summed E-state index contributed by atoms with van der Waals surface area (Å²) < 4.78 is 15.7. The Bertz CT molecular complexity index is 862. The molecule has 0 N–H and O–H groups in total. The minimum Gasteiger partial charge on any atom is -0.497 e. The van der Waals surface area contributed by atoms with Gasteiger partial charge in [0, 0.05) is 37.8 Å². The lowest BCUT2D eigenvalue weighted by Crippen LogP contribution is -2.49. The van der Waals surface area contributed by atoms with Gasteiger partial charge in [0.1, 0.15) is 23.3 Å². The molecule has 1 atom stereocenters. The number of carbonyl (C=O) groups excluding carboxylic acids is 1. The van der Waals surface area contributed by atoms with Crippen LogP contribution in [0.2, 0.25) is 0 Å². The monoisotopic (exact) mass is 395 g/mol. The SMILES string of the molecule is COc1ccc(C(C#N)N2CCN(C(=O)c3cc(OC)cc(OC)c3)CC2)cc1. The molecule has 1 aliphatic rings. The molecule has 0 bridgehead atoms. The molecular formula is C22H25N3O4. The second-order valence-electron chi connectivity index (χ2n) is 6.73. The number of nitriles is 1. The number of amides is 1. The van der Waals surface area contributed by atoms with Crippen LogP contribution in [0.4, 0.5) is 0 Å². The highest BCUT2D eigenvalue weighted by molar-refractivity contribution is 5.95. The minimum atomic E-state index is -0.352. The van der Waals surface area contributed by atoms with Crippen LogP contribution in [0.25, 0.3) is 0 Å². The molecule has 152 valence electrons. The maximum Gasteiger partial charge on any atom is 0.254 e. The van der Waals surface area contributed by atoms with Crippen molar-refractivity contribution in [1.82, 2.24) is 9.80 Å². The number of benzene rings is 2. The number of ether oxygens (including phenoxy) is 3. The quantitative estimate of drug-likeness (QED) is 0.749. The van der Waals surface area contributed by atoms with Crippen molar-refractivity contribution in [1.29, 1.82) is 5.26 Å². The summed E-state index contributed by atoms with van der Waals surface area (Å²) in [6.45, 7) is 2.34. The molecular weight excluding hydrogens is 370 g/mol. The molecule has 1 heterocycles. The van der Waals surface area contributed by atoms with Gasteiger partial charge in [-0.25, -0.2) is 0 Å². The number of hydrogen-bond acceptors (Lipinski definition) is 6. The van der Waals surface area contributed by atoms with Crippen LogP contribution in [0.1, 0.15) is 22.0 Å². The van der Waals surface area contributed by atoms with E-state index in [-0.39, 0.29) is 11.9 Å². The smallest absolute Gasteiger partial charge is 0.254 e. The number of carbonyl (C=O) groups is 1. The first-order valence-corrected chi connectivity index (χ1v) is 9.39. The van der Waals surface area contributed by atoms with Crippen LogP contribution in [0.3, 0.4) is 0 Å². The highest BCUT2D eigenvalue weighted by atomic mass is 16.5. The lowest BCUT2D eigenvalue weighted by molar-refractivity contribution is 0.0605. The summed E-state index contributed by atoms with van der Waals surface area (Å²) in [5.74, 6) is 1.85. The summed E-state index contributed by atoms with van der Waals surface area (Å²) in [7, 11) is 4.73. The Kier molecular flexibility index (Phi) is 6.57. The van der Waals surface area contributed by atoms with Crippen molar-refractivity contribution in [2.75, 3.05) is 47.5 Å². The van der Waals surface area contributed by atoms with Gasteiger partial charge in [-0.1, -0.05) is 12.1 Å². The number of hydrogen-bond donors (Lipinski definition) is 0. The Morgan fingerprint density at radius 1 is 0.897 bits per heavy atom. The van der Waals surface area contributed by atoms with Crippen molar-refractivity contribution in [3.05, 3.63) is 53.6 Å². The van der Waals surface area contributed by atoms with Gasteiger partial charge in [0.2, 0.25) is 0 Å². The van der Waals surface area contributed by atoms with Gasteiger partial charge < -0.3 is 19.1 Å². The fourth-order valence-corrected chi connectivity index (χ4v) is 3.45. The number of rotatable bonds is 6. The molecule has 1 fully saturated rings. The predicted molar refractivity (Wildman–Crippen MR) is 108 cm³/mol. The van der Waals surface area contributed by atoms with Crippen LogP contribution in [-0.2, 0) is 0 Å². The van der Waals surface area contributed by atoms with Gasteiger partial charge in [0.25, 0.3) is 5.91 Å². The molecule has 1 saturated heterocycles. The minimum absolute atomic E-state index is 0.0696. The maximum atomic E-state index is 12.9. The molecule has 0 aliphatic carbocycles. The zero-order chi connectivity index (χ0) is 20.8. The third-order valence-corrected chi connectivity index (χ3v) is 5.12. The molecule has 1 unspecified atom stereocenters. The average Bonchev–Trinajstić information content (AvgIpc) is 2.79. The van der Waals surface area contributed by atoms with Crippen LogP contribution < -0.4 is 14.2 Å². The van der Waals surface area contributed by atoms with Crippen LogP contribution >= 0.6 is 0 Å². The molecule has 3 rings (SSSR count). The Balaban J connectivity index is 1.67. The van der Waals surface area contributed by atoms with Crippen LogP contribution in [0, 0.1) is 11.3 Å². The van der Waals surface area contributed by atoms with E-state index < -0.39 is 0 Å². The normalized spacial score (nSPS) is 15.3. The fraction of sp³-hybridized carbons (Fsp3) is 0.364. The van der Waals surface area contributed by atoms with Crippen LogP contribution in [-0.4, -0.2) is 63.2 Å². The number of methoxy groups -OCH3 is 3. The van der Waals surface area contributed by atoms with Crippen molar-refractivity contribution in [2.45, 2.75) is 6.04 Å². The van der Waals surface area contributed by atoms with Gasteiger partial charge in [-0.05, 0) is 29.8 Å². The first kappa shape index (κ1) is 20.5. The largest absolute Gasteiger partial charge is 0.497 e. The molecule has 7 nitrogen and oxygen atoms in total. The van der Waals surface area contributed by atoms with E-state index in [1.54, 1.807) is 44.4 Å². The Labute approximate surface area is 171 Å². The summed E-state index contributed by atoms with van der Waals surface area (Å²) in [4.78, 5) is 16.8. The van der Waals surface area contributed by atoms with Crippen LogP contribution in [0.5, 0.6) is 17.2 Å². The van der Waals surface area contributed by atoms with E-state index in [4.69, 9.17) is 14.2 Å². The van der Waals surface area contributed by atoms with Gasteiger partial charge >= 0.3 is 0 Å². The first-order chi connectivity index (χ1) is 14.1. The number of piperazine rings is 1. The van der Waals surface area contributed by atoms with Gasteiger partial charge in [-0.2, -0.15) is 5.26 Å². The summed E-state index contributed by atoms with van der Waals surface area (Å²) >= 11 is 0. The van der Waals surface area contributed by atoms with E-state index >= 15 is 0 Å². The molecule has 7 heteroatoms. The zero-order valence-corrected chi connectivity index (χ0v) is 16.9. The van der Waals surface area contributed by atoms with Crippen LogP contribution in [0.15, 0.2) is 42.5 Å². The Morgan fingerprint density at radius 3 is 1.93 bits per heavy atom. The fourth-order valence-electron chi connectivity index (χ4n) is 3.45. The van der Waals surface area contributed by atoms with Gasteiger partial charge in [0.15, 0.2) is 0 Å². The lowest BCUT2D eigenvalue weighted by Gasteiger charge is -2.37. The maximum absolute atomic E-state index is 12.9. The summed E-state index contributed by atoms with van der Waals surface area (Å²) in [5, 5.41) is 9.70. The van der Waals surface area contributed by atoms with E-state index in [0.29, 0.717) is 43.2 Å². The molecule has 1 amide bonds. The topological polar surface area (TPSA) is 75.0 Å². The molecule has 29 heavy (non-hydrogen) atoms. The zero-order valence-electron chi connectivity index (χ0n) is 16.9. The highest BCUT2D eigenvalue weighted by Gasteiger charge is 2.28. The summed E-state index contributed by atoms with van der Waals surface area (Å²) in [6.07, 6.45) is 0. The molecule has 0 radical (unpaired) electrons. The van der Waals surface area contributed by atoms with E-state index in [2.05, 4.69) is 11.0 Å². The molecule has 2 aromatic rings. The third kappa shape index (κ3) is 4.61. The first-order valence-electron chi connectivity index (χ1n) is 9.39. The average molecular weight is 395 g/mol. The van der Waals surface area contributed by atoms with Crippen molar-refractivity contribution >= 4 is 5.91 Å². The molecule has 2 aromatic carbocycles. The predicted octanol–water partition coefficient (Wildman–Crippen LogP) is 2.74. The third-order valence-electron chi connectivity index (χ3n) is 5.12. The van der Waals surface area contributed by atoms with Crippen molar-refractivity contribution in [3.63, 3.8) is 0 Å². The molecule has 0 saturated carbocycles. The van der Waals surface area contributed by atoms with Crippen molar-refractivity contribution in [2.24, 2.45) is 0 Å². The second-order valence-corrected chi connectivity index (χ2v) is 6.73. The summed E-state index contributed by atoms with van der Waals surface area (Å²) in [6, 6.07) is 14.7. The van der Waals surface area contributed by atoms with E-state index in [1.807, 2.05) is 24.3 Å². The van der Waals surface area contributed by atoms with Crippen molar-refractivity contribution < 1.29 is 19.0 Å².